The Bertz CT molecular complexity index is 2840. The number of aryl methyl sites for hydroxylation is 1. The Morgan fingerprint density at radius 1 is 0.938 bits per heavy atom. The minimum Gasteiger partial charge on any atom is -0.370 e. The summed E-state index contributed by atoms with van der Waals surface area (Å²) in [6, 6.07) is 16.8. The number of nitrogens with one attached hydrogen (secondary N) is 3. The van der Waals surface area contributed by atoms with E-state index in [0.29, 0.717) is 35.1 Å². The average molecular weight is 895 g/mol. The number of pyridine rings is 1. The van der Waals surface area contributed by atoms with Gasteiger partial charge in [-0.2, -0.15) is 12.7 Å². The number of hydrogen-bond donors (Lipinski definition) is 3. The third-order valence-corrected chi connectivity index (χ3v) is 14.8. The van der Waals surface area contributed by atoms with Crippen molar-refractivity contribution in [2.24, 2.45) is 5.41 Å². The molecule has 0 saturated carbocycles. The summed E-state index contributed by atoms with van der Waals surface area (Å²) in [5, 5.41) is 2.69. The molecule has 332 valence electrons. The lowest BCUT2D eigenvalue weighted by atomic mass is 9.72. The maximum Gasteiger partial charge on any atom is 0.301 e. The number of carbonyl (C=O) groups excluding carboxylic acids is 4. The average Bonchev–Trinajstić information content (AvgIpc) is 3.97. The van der Waals surface area contributed by atoms with Gasteiger partial charge in [0.2, 0.25) is 17.6 Å². The zero-order chi connectivity index (χ0) is 44.5. The first-order chi connectivity index (χ1) is 30.7. The number of hydrogen-bond acceptors (Lipinski definition) is 9. The molecule has 0 unspecified atom stereocenters. The summed E-state index contributed by atoms with van der Waals surface area (Å²) in [6.45, 7) is 4.95. The minimum atomic E-state index is -4.35. The fourth-order valence-electron chi connectivity index (χ4n) is 9.95. The third-order valence-electron chi connectivity index (χ3n) is 13.3. The highest BCUT2D eigenvalue weighted by molar-refractivity contribution is 7.90. The van der Waals surface area contributed by atoms with E-state index in [1.165, 1.54) is 11.8 Å². The number of aromatic amines is 1. The molecule has 10 rings (SSSR count). The predicted octanol–water partition coefficient (Wildman–Crippen LogP) is 5.35. The molecule has 0 radical (unpaired) electrons. The van der Waals surface area contributed by atoms with Crippen LogP contribution in [0, 0.1) is 17.0 Å². The molecule has 14 nitrogen and oxygen atoms in total. The van der Waals surface area contributed by atoms with Crippen molar-refractivity contribution in [3.8, 4) is 11.1 Å². The Kier molecular flexibility index (Phi) is 10.6. The van der Waals surface area contributed by atoms with Crippen molar-refractivity contribution < 1.29 is 40.8 Å². The number of anilines is 2. The summed E-state index contributed by atoms with van der Waals surface area (Å²) in [6.07, 6.45) is 5.20. The van der Waals surface area contributed by atoms with Crippen molar-refractivity contribution in [1.29, 1.82) is 0 Å². The third kappa shape index (κ3) is 7.70. The first-order valence-corrected chi connectivity index (χ1v) is 22.9. The highest BCUT2D eigenvalue weighted by Gasteiger charge is 2.51. The second-order valence-corrected chi connectivity index (χ2v) is 19.4. The molecule has 18 heteroatoms. The second kappa shape index (κ2) is 16.2. The van der Waals surface area contributed by atoms with Gasteiger partial charge < -0.3 is 19.7 Å². The minimum absolute atomic E-state index is 0.00459. The molecule has 2 aromatic heterocycles. The lowest BCUT2D eigenvalue weighted by Crippen LogP contribution is -2.72. The Morgan fingerprint density at radius 2 is 1.73 bits per heavy atom. The quantitative estimate of drug-likeness (QED) is 0.0803. The number of rotatable bonds is 13. The van der Waals surface area contributed by atoms with Gasteiger partial charge in [0.25, 0.3) is 5.91 Å². The standard InChI is InChI=1S/C46H45F3N8O6S/c47-31-14-16-56(22-31)64(62,63)53-37-11-10-36(48)40(41(37)49)42(59)35-20-51-43-34(35)18-29(19-50-43)28-5-7-32(8-6-28)55-25-46(26-55)23-54(24-46)15-2-1-3-27-4-9-33-30(17-27)21-57(45(33)61)38-12-13-39(58)52-44(38)60/h4-11,17-20,31,38,53H,1-3,12-16,21-26H2,(H,50,51)(H,52,58,60)/t31-,38+/m1/s1. The molecule has 1 spiro atoms. The van der Waals surface area contributed by atoms with Gasteiger partial charge >= 0.3 is 10.2 Å². The first kappa shape index (κ1) is 41.9. The van der Waals surface area contributed by atoms with Crippen molar-refractivity contribution in [3.63, 3.8) is 0 Å². The number of alkyl halides is 1. The van der Waals surface area contributed by atoms with Crippen LogP contribution in [0.2, 0.25) is 0 Å². The highest BCUT2D eigenvalue weighted by atomic mass is 32.2. The van der Waals surface area contributed by atoms with E-state index in [2.05, 4.69) is 31.2 Å². The van der Waals surface area contributed by atoms with Gasteiger partial charge in [-0.15, -0.1) is 0 Å². The summed E-state index contributed by atoms with van der Waals surface area (Å²) in [4.78, 5) is 64.5. The van der Waals surface area contributed by atoms with Crippen LogP contribution >= 0.6 is 0 Å². The van der Waals surface area contributed by atoms with E-state index >= 15 is 8.78 Å². The van der Waals surface area contributed by atoms with Gasteiger partial charge in [0.05, 0.1) is 11.3 Å². The summed E-state index contributed by atoms with van der Waals surface area (Å²) >= 11 is 0. The fraction of sp³-hybridized carbons (Fsp3) is 0.370. The molecule has 3 N–H and O–H groups in total. The zero-order valence-corrected chi connectivity index (χ0v) is 35.5. The van der Waals surface area contributed by atoms with Gasteiger partial charge in [0.15, 0.2) is 5.82 Å². The summed E-state index contributed by atoms with van der Waals surface area (Å²) in [5.41, 5.74) is 4.35. The van der Waals surface area contributed by atoms with E-state index in [4.69, 9.17) is 0 Å². The molecule has 4 fully saturated rings. The van der Waals surface area contributed by atoms with Crippen LogP contribution in [0.15, 0.2) is 73.1 Å². The van der Waals surface area contributed by atoms with Gasteiger partial charge in [0, 0.05) is 97.8 Å². The molecule has 5 aliphatic heterocycles. The van der Waals surface area contributed by atoms with Crippen LogP contribution in [0.4, 0.5) is 24.5 Å². The molecule has 5 aromatic rings. The molecule has 0 bridgehead atoms. The number of ketones is 1. The zero-order valence-electron chi connectivity index (χ0n) is 34.7. The van der Waals surface area contributed by atoms with Crippen LogP contribution < -0.4 is 14.9 Å². The summed E-state index contributed by atoms with van der Waals surface area (Å²) < 4.78 is 73.0. The molecule has 5 aliphatic rings. The van der Waals surface area contributed by atoms with Crippen LogP contribution in [0.3, 0.4) is 0 Å². The number of carbonyl (C=O) groups is 4. The first-order valence-electron chi connectivity index (χ1n) is 21.5. The summed E-state index contributed by atoms with van der Waals surface area (Å²) in [7, 11) is -4.35. The molecule has 0 aliphatic carbocycles. The van der Waals surface area contributed by atoms with Gasteiger partial charge in [0.1, 0.15) is 23.7 Å². The van der Waals surface area contributed by atoms with E-state index in [9.17, 15) is 32.0 Å². The molecular formula is C46H45F3N8O6S. The maximum atomic E-state index is 15.7. The molecule has 64 heavy (non-hydrogen) atoms. The summed E-state index contributed by atoms with van der Waals surface area (Å²) in [5.74, 6) is -4.40. The van der Waals surface area contributed by atoms with Crippen molar-refractivity contribution in [2.45, 2.75) is 57.3 Å². The number of likely N-dealkylation sites (tertiary alicyclic amines) is 1. The number of benzene rings is 3. The van der Waals surface area contributed by atoms with E-state index in [-0.39, 0.29) is 48.7 Å². The van der Waals surface area contributed by atoms with Gasteiger partial charge in [-0.25, -0.2) is 18.2 Å². The fourth-order valence-corrected chi connectivity index (χ4v) is 11.2. The van der Waals surface area contributed by atoms with Crippen LogP contribution in [0.1, 0.15) is 69.5 Å². The van der Waals surface area contributed by atoms with E-state index < -0.39 is 57.0 Å². The Labute approximate surface area is 367 Å². The lowest BCUT2D eigenvalue weighted by molar-refractivity contribution is -0.136. The van der Waals surface area contributed by atoms with Crippen molar-refractivity contribution in [2.75, 3.05) is 55.4 Å². The normalized spacial score (nSPS) is 21.0. The van der Waals surface area contributed by atoms with Gasteiger partial charge in [-0.05, 0) is 91.7 Å². The smallest absolute Gasteiger partial charge is 0.301 e. The number of unbranched alkanes of at least 4 members (excludes halogenated alkanes) is 1. The van der Waals surface area contributed by atoms with Crippen molar-refractivity contribution in [3.05, 3.63) is 113 Å². The van der Waals surface area contributed by atoms with Crippen LogP contribution in [0.5, 0.6) is 0 Å². The number of amides is 3. The lowest BCUT2D eigenvalue weighted by Gasteiger charge is -2.61. The number of fused-ring (bicyclic) bond motifs is 2. The van der Waals surface area contributed by atoms with E-state index in [1.807, 2.05) is 41.1 Å². The van der Waals surface area contributed by atoms with Crippen molar-refractivity contribution in [1.82, 2.24) is 29.4 Å². The number of halogens is 3. The van der Waals surface area contributed by atoms with Crippen LogP contribution in [-0.4, -0.2) is 114 Å². The second-order valence-electron chi connectivity index (χ2n) is 17.7. The van der Waals surface area contributed by atoms with Crippen molar-refractivity contribution >= 4 is 56.1 Å². The number of imide groups is 1. The van der Waals surface area contributed by atoms with Crippen LogP contribution in [0.25, 0.3) is 22.2 Å². The monoisotopic (exact) mass is 894 g/mol. The number of aromatic nitrogens is 2. The molecule has 7 heterocycles. The largest absolute Gasteiger partial charge is 0.370 e. The maximum absolute atomic E-state index is 15.7. The molecule has 2 atom stereocenters. The van der Waals surface area contributed by atoms with Gasteiger partial charge in [-0.3, -0.25) is 29.2 Å². The van der Waals surface area contributed by atoms with E-state index in [1.54, 1.807) is 17.2 Å². The molecule has 3 amide bonds. The predicted molar refractivity (Wildman–Crippen MR) is 231 cm³/mol. The molecule has 3 aromatic carbocycles. The van der Waals surface area contributed by atoms with E-state index in [0.717, 1.165) is 85.2 Å². The molecule has 4 saturated heterocycles. The Hall–Kier alpha value is -6.11. The SMILES string of the molecule is O=C1CC[C@H](N2Cc3cc(CCCCN4CC5(C4)CN(c4ccc(-c6cnc7[nH]cc(C(=O)c8c(F)ccc(NS(=O)(=O)N9CC[C@@H](F)C9)c8F)c7c6)cc4)C5)ccc3C2=O)C(=O)N1. The van der Waals surface area contributed by atoms with Gasteiger partial charge in [-0.1, -0.05) is 24.3 Å². The number of nitrogens with zero attached hydrogens (tertiary/aromatic N) is 5. The highest BCUT2D eigenvalue weighted by Crippen LogP contribution is 2.42. The Morgan fingerprint density at radius 3 is 2.48 bits per heavy atom. The van der Waals surface area contributed by atoms with Crippen LogP contribution in [-0.2, 0) is 32.8 Å². The number of piperidine rings is 1. The topological polar surface area (TPSA) is 168 Å². The molecular weight excluding hydrogens is 850 g/mol. The Balaban J connectivity index is 0.711. The number of H-pyrrole nitrogens is 1.